The van der Waals surface area contributed by atoms with E-state index in [-0.39, 0.29) is 0 Å². The molecule has 3 rings (SSSR count). The second-order valence-electron chi connectivity index (χ2n) is 6.69. The van der Waals surface area contributed by atoms with E-state index in [0.717, 1.165) is 11.1 Å². The molecule has 2 aliphatic rings. The number of piperidine rings is 1. The van der Waals surface area contributed by atoms with Gasteiger partial charge in [0.25, 0.3) is 0 Å². The monoisotopic (exact) mass is 339 g/mol. The molecule has 0 unspecified atom stereocenters. The zero-order valence-electron chi connectivity index (χ0n) is 14.0. The molecule has 1 aromatic rings. The van der Waals surface area contributed by atoms with Crippen LogP contribution in [0.15, 0.2) is 23.1 Å². The molecule has 1 spiro atoms. The van der Waals surface area contributed by atoms with Crippen LogP contribution in [0.25, 0.3) is 0 Å². The molecule has 0 aliphatic carbocycles. The molecule has 6 heteroatoms. The quantitative estimate of drug-likeness (QED) is 0.849. The molecule has 2 heterocycles. The smallest absolute Gasteiger partial charge is 0.243 e. The van der Waals surface area contributed by atoms with E-state index in [0.29, 0.717) is 50.0 Å². The highest BCUT2D eigenvalue weighted by atomic mass is 32.2. The van der Waals surface area contributed by atoms with Crippen molar-refractivity contribution in [3.63, 3.8) is 0 Å². The second-order valence-corrected chi connectivity index (χ2v) is 8.60. The molecule has 0 radical (unpaired) electrons. The minimum atomic E-state index is -3.47. The summed E-state index contributed by atoms with van der Waals surface area (Å²) < 4.78 is 39.0. The Labute approximate surface area is 138 Å². The van der Waals surface area contributed by atoms with Crippen LogP contribution in [-0.2, 0) is 19.5 Å². The number of ether oxygens (including phenoxy) is 2. The first kappa shape index (κ1) is 16.9. The predicted molar refractivity (Wildman–Crippen MR) is 87.9 cm³/mol. The zero-order valence-corrected chi connectivity index (χ0v) is 14.9. The highest BCUT2D eigenvalue weighted by molar-refractivity contribution is 7.89. The van der Waals surface area contributed by atoms with Crippen molar-refractivity contribution in [2.24, 2.45) is 0 Å². The fourth-order valence-corrected chi connectivity index (χ4v) is 4.95. The molecule has 128 valence electrons. The van der Waals surface area contributed by atoms with E-state index in [1.807, 2.05) is 25.1 Å². The van der Waals surface area contributed by atoms with Gasteiger partial charge >= 0.3 is 0 Å². The normalized spacial score (nSPS) is 22.1. The Bertz CT molecular complexity index is 668. The van der Waals surface area contributed by atoms with Crippen molar-refractivity contribution in [2.75, 3.05) is 26.3 Å². The van der Waals surface area contributed by atoms with Gasteiger partial charge in [0.15, 0.2) is 5.79 Å². The molecule has 0 saturated carbocycles. The Hall–Kier alpha value is -0.950. The third kappa shape index (κ3) is 3.18. The van der Waals surface area contributed by atoms with Gasteiger partial charge in [-0.1, -0.05) is 26.0 Å². The molecule has 0 atom stereocenters. The Balaban J connectivity index is 1.83. The molecule has 2 fully saturated rings. The topological polar surface area (TPSA) is 55.8 Å². The van der Waals surface area contributed by atoms with Crippen molar-refractivity contribution in [1.29, 1.82) is 0 Å². The van der Waals surface area contributed by atoms with Gasteiger partial charge < -0.3 is 9.47 Å². The van der Waals surface area contributed by atoms with Gasteiger partial charge in [-0.2, -0.15) is 4.31 Å². The maximum absolute atomic E-state index is 13.0. The lowest BCUT2D eigenvalue weighted by molar-refractivity contribution is -0.179. The number of rotatable bonds is 3. The summed E-state index contributed by atoms with van der Waals surface area (Å²) in [6.45, 7) is 8.07. The predicted octanol–water partition coefficient (Wildman–Crippen LogP) is 2.65. The number of nitrogens with zero attached hydrogens (tertiary/aromatic N) is 1. The highest BCUT2D eigenvalue weighted by Gasteiger charge is 2.42. The summed E-state index contributed by atoms with van der Waals surface area (Å²) >= 11 is 0. The Kier molecular flexibility index (Phi) is 4.53. The van der Waals surface area contributed by atoms with E-state index in [2.05, 4.69) is 13.8 Å². The summed E-state index contributed by atoms with van der Waals surface area (Å²) in [5.74, 6) is -0.254. The van der Waals surface area contributed by atoms with Crippen molar-refractivity contribution in [1.82, 2.24) is 4.31 Å². The van der Waals surface area contributed by atoms with Crippen molar-refractivity contribution < 1.29 is 17.9 Å². The Morgan fingerprint density at radius 3 is 2.30 bits per heavy atom. The number of aryl methyl sites for hydroxylation is 1. The van der Waals surface area contributed by atoms with E-state index >= 15 is 0 Å². The van der Waals surface area contributed by atoms with Crippen LogP contribution in [0.3, 0.4) is 0 Å². The van der Waals surface area contributed by atoms with E-state index in [1.165, 1.54) is 0 Å². The first-order chi connectivity index (χ1) is 10.8. The molecule has 23 heavy (non-hydrogen) atoms. The third-order valence-corrected chi connectivity index (χ3v) is 6.84. The summed E-state index contributed by atoms with van der Waals surface area (Å²) in [6, 6.07) is 5.73. The molecular formula is C17H25NO4S. The Morgan fingerprint density at radius 2 is 1.74 bits per heavy atom. The van der Waals surface area contributed by atoms with Gasteiger partial charge in [0.1, 0.15) is 0 Å². The third-order valence-electron chi connectivity index (χ3n) is 4.79. The molecule has 0 amide bonds. The molecular weight excluding hydrogens is 314 g/mol. The van der Waals surface area contributed by atoms with Crippen LogP contribution in [0.2, 0.25) is 0 Å². The zero-order chi connectivity index (χ0) is 16.7. The molecule has 5 nitrogen and oxygen atoms in total. The lowest BCUT2D eigenvalue weighted by Crippen LogP contribution is -2.47. The van der Waals surface area contributed by atoms with Crippen molar-refractivity contribution in [3.8, 4) is 0 Å². The van der Waals surface area contributed by atoms with Crippen molar-refractivity contribution >= 4 is 10.0 Å². The van der Waals surface area contributed by atoms with Crippen LogP contribution in [0.4, 0.5) is 0 Å². The van der Waals surface area contributed by atoms with Crippen LogP contribution < -0.4 is 0 Å². The van der Waals surface area contributed by atoms with Gasteiger partial charge in [-0.15, -0.1) is 0 Å². The van der Waals surface area contributed by atoms with Crippen LogP contribution in [0.1, 0.15) is 43.7 Å². The fourth-order valence-electron chi connectivity index (χ4n) is 3.25. The standard InChI is InChI=1S/C17H25NO4S/c1-13(2)15-5-4-14(3)16(12-15)23(19,20)18-8-6-17(7-9-18)21-10-11-22-17/h4-5,12-13H,6-11H2,1-3H3. The summed E-state index contributed by atoms with van der Waals surface area (Å²) in [5, 5.41) is 0. The van der Waals surface area contributed by atoms with Crippen LogP contribution in [0.5, 0.6) is 0 Å². The summed E-state index contributed by atoms with van der Waals surface area (Å²) in [6.07, 6.45) is 1.18. The van der Waals surface area contributed by atoms with Crippen molar-refractivity contribution in [2.45, 2.75) is 50.2 Å². The summed E-state index contributed by atoms with van der Waals surface area (Å²) in [5.41, 5.74) is 1.84. The van der Waals surface area contributed by atoms with Gasteiger partial charge in [-0.05, 0) is 30.0 Å². The van der Waals surface area contributed by atoms with E-state index in [9.17, 15) is 8.42 Å². The van der Waals surface area contributed by atoms with E-state index < -0.39 is 15.8 Å². The molecule has 0 N–H and O–H groups in total. The van der Waals surface area contributed by atoms with Crippen LogP contribution in [-0.4, -0.2) is 44.8 Å². The van der Waals surface area contributed by atoms with E-state index in [1.54, 1.807) is 4.31 Å². The second kappa shape index (κ2) is 6.16. The maximum Gasteiger partial charge on any atom is 0.243 e. The lowest BCUT2D eigenvalue weighted by atomic mass is 10.0. The van der Waals surface area contributed by atoms with Crippen LogP contribution in [0, 0.1) is 6.92 Å². The average molecular weight is 339 g/mol. The first-order valence-electron chi connectivity index (χ1n) is 8.23. The minimum Gasteiger partial charge on any atom is -0.347 e. The number of benzene rings is 1. The van der Waals surface area contributed by atoms with Gasteiger partial charge in [0, 0.05) is 25.9 Å². The largest absolute Gasteiger partial charge is 0.347 e. The van der Waals surface area contributed by atoms with Crippen LogP contribution >= 0.6 is 0 Å². The van der Waals surface area contributed by atoms with Gasteiger partial charge in [-0.25, -0.2) is 8.42 Å². The Morgan fingerprint density at radius 1 is 1.13 bits per heavy atom. The fraction of sp³-hybridized carbons (Fsp3) is 0.647. The molecule has 2 saturated heterocycles. The molecule has 1 aromatic carbocycles. The molecule has 2 aliphatic heterocycles. The summed E-state index contributed by atoms with van der Waals surface area (Å²) in [4.78, 5) is 0.424. The van der Waals surface area contributed by atoms with E-state index in [4.69, 9.17) is 9.47 Å². The molecule has 0 bridgehead atoms. The number of hydrogen-bond acceptors (Lipinski definition) is 4. The SMILES string of the molecule is Cc1ccc(C(C)C)cc1S(=O)(=O)N1CCC2(CC1)OCCO2. The summed E-state index contributed by atoms with van der Waals surface area (Å²) in [7, 11) is -3.47. The average Bonchev–Trinajstić information content (AvgIpc) is 2.96. The first-order valence-corrected chi connectivity index (χ1v) is 9.67. The van der Waals surface area contributed by atoms with Gasteiger partial charge in [-0.3, -0.25) is 0 Å². The minimum absolute atomic E-state index is 0.300. The van der Waals surface area contributed by atoms with Gasteiger partial charge in [0.05, 0.1) is 18.1 Å². The van der Waals surface area contributed by atoms with Gasteiger partial charge in [0.2, 0.25) is 10.0 Å². The lowest BCUT2D eigenvalue weighted by Gasteiger charge is -2.37. The molecule has 0 aromatic heterocycles. The highest BCUT2D eigenvalue weighted by Crippen LogP contribution is 2.34. The number of sulfonamides is 1. The maximum atomic E-state index is 13.0. The number of hydrogen-bond donors (Lipinski definition) is 0. The van der Waals surface area contributed by atoms with Crippen molar-refractivity contribution in [3.05, 3.63) is 29.3 Å².